The summed E-state index contributed by atoms with van der Waals surface area (Å²) in [5, 5.41) is 1.60. The van der Waals surface area contributed by atoms with Crippen molar-refractivity contribution >= 4 is 44.2 Å². The molecule has 1 aliphatic heterocycles. The Labute approximate surface area is 129 Å². The molecule has 0 saturated heterocycles. The minimum atomic E-state index is 0.000000000000000222. The van der Waals surface area contributed by atoms with Crippen molar-refractivity contribution in [2.24, 2.45) is 0 Å². The second-order valence-electron chi connectivity index (χ2n) is 4.91. The average Bonchev–Trinajstić information content (AvgIpc) is 2.91. The van der Waals surface area contributed by atoms with Crippen molar-refractivity contribution in [1.29, 1.82) is 0 Å². The summed E-state index contributed by atoms with van der Waals surface area (Å²) in [6, 6.07) is 11.9. The molecule has 4 heteroatoms. The van der Waals surface area contributed by atoms with Crippen molar-refractivity contribution in [3.8, 4) is 5.69 Å². The van der Waals surface area contributed by atoms with Crippen LogP contribution < -0.4 is 0 Å². The fourth-order valence-electron chi connectivity index (χ4n) is 2.98. The Balaban J connectivity index is 2.22. The fraction of sp³-hybridized carbons (Fsp3) is 0.0625. The van der Waals surface area contributed by atoms with Gasteiger partial charge in [0.05, 0.1) is 27.5 Å². The van der Waals surface area contributed by atoms with Crippen LogP contribution in [0.5, 0.6) is 0 Å². The van der Waals surface area contributed by atoms with Crippen LogP contribution >= 0.6 is 27.5 Å². The summed E-state index contributed by atoms with van der Waals surface area (Å²) in [6.45, 7) is 1.99. The van der Waals surface area contributed by atoms with Gasteiger partial charge in [-0.05, 0) is 46.6 Å². The van der Waals surface area contributed by atoms with Crippen molar-refractivity contribution < 1.29 is 4.79 Å². The molecule has 2 nitrogen and oxygen atoms in total. The number of hydrogen-bond donors (Lipinski definition) is 0. The molecule has 1 aromatic heterocycles. The summed E-state index contributed by atoms with van der Waals surface area (Å²) in [6.07, 6.45) is 0. The van der Waals surface area contributed by atoms with Gasteiger partial charge >= 0.3 is 0 Å². The van der Waals surface area contributed by atoms with Gasteiger partial charge < -0.3 is 4.57 Å². The second-order valence-corrected chi connectivity index (χ2v) is 6.14. The van der Waals surface area contributed by atoms with Gasteiger partial charge in [0.15, 0.2) is 0 Å². The molecule has 4 rings (SSSR count). The summed E-state index contributed by atoms with van der Waals surface area (Å²) < 4.78 is 2.76. The predicted octanol–water partition coefficient (Wildman–Crippen LogP) is 4.90. The molecule has 0 spiro atoms. The molecule has 3 aromatic rings. The van der Waals surface area contributed by atoms with Crippen LogP contribution in [0.3, 0.4) is 0 Å². The maximum atomic E-state index is 12.7. The minimum Gasteiger partial charge on any atom is -0.305 e. The number of carbonyl (C=O) groups is 1. The van der Waals surface area contributed by atoms with Gasteiger partial charge in [-0.1, -0.05) is 29.8 Å². The smallest absolute Gasteiger partial charge is 0.213 e. The average molecular weight is 347 g/mol. The van der Waals surface area contributed by atoms with Gasteiger partial charge in [0.1, 0.15) is 0 Å². The molecule has 0 N–H and O–H groups in total. The summed E-state index contributed by atoms with van der Waals surface area (Å²) in [5.41, 5.74) is 4.23. The molecule has 0 radical (unpaired) electrons. The minimum absolute atomic E-state index is 0.000000000000000222. The largest absolute Gasteiger partial charge is 0.305 e. The third kappa shape index (κ3) is 1.32. The van der Waals surface area contributed by atoms with E-state index in [1.807, 2.05) is 47.9 Å². The van der Waals surface area contributed by atoms with E-state index >= 15 is 0 Å². The molecule has 20 heavy (non-hydrogen) atoms. The monoisotopic (exact) mass is 345 g/mol. The predicted molar refractivity (Wildman–Crippen MR) is 84.2 cm³/mol. The van der Waals surface area contributed by atoms with E-state index in [2.05, 4.69) is 15.9 Å². The maximum absolute atomic E-state index is 12.7. The standard InChI is InChI=1S/C16H9BrClNO/c1-8-9-4-2-3-5-11(9)19-12-7-6-10(17)14(18)13(12)16(20)15(8)19/h2-7H,1H3. The number of rotatable bonds is 0. The van der Waals surface area contributed by atoms with Crippen molar-refractivity contribution in [2.75, 3.05) is 0 Å². The first-order chi connectivity index (χ1) is 9.61. The zero-order chi connectivity index (χ0) is 14.0. The first-order valence-corrected chi connectivity index (χ1v) is 7.41. The lowest BCUT2D eigenvalue weighted by molar-refractivity contribution is 0.104. The number of aromatic nitrogens is 1. The highest BCUT2D eigenvalue weighted by Gasteiger charge is 2.33. The quantitative estimate of drug-likeness (QED) is 0.444. The van der Waals surface area contributed by atoms with Crippen LogP contribution in [0.25, 0.3) is 16.6 Å². The van der Waals surface area contributed by atoms with E-state index in [-0.39, 0.29) is 5.78 Å². The molecule has 0 amide bonds. The highest BCUT2D eigenvalue weighted by molar-refractivity contribution is 9.10. The molecule has 98 valence electrons. The van der Waals surface area contributed by atoms with Crippen LogP contribution in [-0.4, -0.2) is 10.4 Å². The molecule has 2 aromatic carbocycles. The first kappa shape index (κ1) is 12.2. The fourth-order valence-corrected chi connectivity index (χ4v) is 3.56. The van der Waals surface area contributed by atoms with E-state index in [0.29, 0.717) is 10.6 Å². The van der Waals surface area contributed by atoms with E-state index in [9.17, 15) is 4.79 Å². The summed E-state index contributed by atoms with van der Waals surface area (Å²) in [5.74, 6) is 0.000000000000000222. The number of benzene rings is 2. The molecular weight excluding hydrogens is 338 g/mol. The summed E-state index contributed by atoms with van der Waals surface area (Å²) in [4.78, 5) is 12.7. The third-order valence-corrected chi connectivity index (χ3v) is 5.17. The van der Waals surface area contributed by atoms with Crippen molar-refractivity contribution in [3.05, 3.63) is 62.7 Å². The Kier molecular flexibility index (Phi) is 2.41. The van der Waals surface area contributed by atoms with E-state index in [0.717, 1.165) is 32.3 Å². The lowest BCUT2D eigenvalue weighted by Gasteiger charge is -2.06. The van der Waals surface area contributed by atoms with Gasteiger partial charge in [-0.25, -0.2) is 0 Å². The lowest BCUT2D eigenvalue weighted by atomic mass is 10.1. The van der Waals surface area contributed by atoms with Crippen LogP contribution in [0, 0.1) is 6.92 Å². The zero-order valence-electron chi connectivity index (χ0n) is 10.6. The molecule has 1 aliphatic rings. The number of fused-ring (bicyclic) bond motifs is 5. The van der Waals surface area contributed by atoms with Crippen LogP contribution in [0.15, 0.2) is 40.9 Å². The number of para-hydroxylation sites is 1. The van der Waals surface area contributed by atoms with Crippen molar-refractivity contribution in [1.82, 2.24) is 4.57 Å². The third-order valence-electron chi connectivity index (χ3n) is 3.88. The van der Waals surface area contributed by atoms with Crippen LogP contribution in [-0.2, 0) is 0 Å². The highest BCUT2D eigenvalue weighted by Crippen LogP contribution is 2.42. The Morgan fingerprint density at radius 2 is 1.90 bits per heavy atom. The summed E-state index contributed by atoms with van der Waals surface area (Å²) in [7, 11) is 0. The van der Waals surface area contributed by atoms with Crippen LogP contribution in [0.4, 0.5) is 0 Å². The number of aryl methyl sites for hydroxylation is 1. The Hall–Kier alpha value is -1.58. The molecule has 0 bridgehead atoms. The number of halogens is 2. The molecule has 0 aliphatic carbocycles. The van der Waals surface area contributed by atoms with E-state index < -0.39 is 0 Å². The van der Waals surface area contributed by atoms with Gasteiger partial charge in [-0.3, -0.25) is 4.79 Å². The highest BCUT2D eigenvalue weighted by atomic mass is 79.9. The zero-order valence-corrected chi connectivity index (χ0v) is 12.9. The topological polar surface area (TPSA) is 22.0 Å². The SMILES string of the molecule is Cc1c2n(c3ccccc13)-c1ccc(Br)c(Cl)c1C2=O. The van der Waals surface area contributed by atoms with E-state index in [4.69, 9.17) is 11.6 Å². The molecule has 0 saturated carbocycles. The number of carbonyl (C=O) groups excluding carboxylic acids is 1. The van der Waals surface area contributed by atoms with Crippen molar-refractivity contribution in [2.45, 2.75) is 6.92 Å². The van der Waals surface area contributed by atoms with Crippen molar-refractivity contribution in [3.63, 3.8) is 0 Å². The first-order valence-electron chi connectivity index (χ1n) is 6.24. The van der Waals surface area contributed by atoms with Crippen LogP contribution in [0.1, 0.15) is 21.6 Å². The number of nitrogens with zero attached hydrogens (tertiary/aromatic N) is 1. The van der Waals surface area contributed by atoms with E-state index in [1.165, 1.54) is 0 Å². The van der Waals surface area contributed by atoms with Crippen LogP contribution in [0.2, 0.25) is 5.02 Å². The Bertz CT molecular complexity index is 910. The van der Waals surface area contributed by atoms with Gasteiger partial charge in [0, 0.05) is 9.86 Å². The number of ketones is 1. The maximum Gasteiger partial charge on any atom is 0.213 e. The van der Waals surface area contributed by atoms with Gasteiger partial charge in [0.25, 0.3) is 0 Å². The second kappa shape index (κ2) is 3.96. The molecule has 0 fully saturated rings. The van der Waals surface area contributed by atoms with Gasteiger partial charge in [0.2, 0.25) is 5.78 Å². The molecular formula is C16H9BrClNO. The lowest BCUT2D eigenvalue weighted by Crippen LogP contribution is -1.98. The number of hydrogen-bond acceptors (Lipinski definition) is 1. The van der Waals surface area contributed by atoms with Gasteiger partial charge in [-0.2, -0.15) is 0 Å². The molecule has 2 heterocycles. The normalized spacial score (nSPS) is 12.8. The Morgan fingerprint density at radius 3 is 2.70 bits per heavy atom. The molecule has 0 unspecified atom stereocenters. The van der Waals surface area contributed by atoms with E-state index in [1.54, 1.807) is 0 Å². The Morgan fingerprint density at radius 1 is 1.15 bits per heavy atom. The molecule has 0 atom stereocenters. The summed E-state index contributed by atoms with van der Waals surface area (Å²) >= 11 is 9.69. The van der Waals surface area contributed by atoms with Gasteiger partial charge in [-0.15, -0.1) is 0 Å².